The largest absolute Gasteiger partial charge is 0.381 e. The predicted octanol–water partition coefficient (Wildman–Crippen LogP) is 2.72. The maximum atomic E-state index is 14.4. The van der Waals surface area contributed by atoms with Crippen molar-refractivity contribution in [3.63, 3.8) is 0 Å². The lowest BCUT2D eigenvalue weighted by atomic mass is 10.0. The van der Waals surface area contributed by atoms with Gasteiger partial charge in [-0.25, -0.2) is 13.2 Å². The first-order valence-corrected chi connectivity index (χ1v) is 9.49. The number of carbonyl (C=O) groups is 1. The molecule has 1 aromatic carbocycles. The first-order valence-electron chi connectivity index (χ1n) is 8.44. The van der Waals surface area contributed by atoms with Crippen LogP contribution in [-0.4, -0.2) is 34.7 Å². The second-order valence-corrected chi connectivity index (χ2v) is 7.51. The van der Waals surface area contributed by atoms with Crippen molar-refractivity contribution in [3.05, 3.63) is 51.1 Å². The molecule has 2 aromatic rings. The number of anilines is 1. The highest BCUT2D eigenvalue weighted by Gasteiger charge is 2.34. The molecule has 0 saturated carbocycles. The van der Waals surface area contributed by atoms with Crippen molar-refractivity contribution in [2.45, 2.75) is 24.1 Å². The highest BCUT2D eigenvalue weighted by molar-refractivity contribution is 8.00. The number of hydrogen-bond acceptors (Lipinski definition) is 4. The number of aromatic amines is 1. The molecule has 0 bridgehead atoms. The van der Waals surface area contributed by atoms with Crippen LogP contribution in [0.1, 0.15) is 35.3 Å². The highest BCUT2D eigenvalue weighted by Crippen LogP contribution is 2.42. The Morgan fingerprint density at radius 3 is 2.59 bits per heavy atom. The SMILES string of the molecule is O=C1CS[C@@H](c2ccc(F)c(F)c2F)c2c(n(C3CCOCC3)[nH]c2=O)N1. The normalized spacial score (nSPS) is 20.9. The smallest absolute Gasteiger partial charge is 0.270 e. The summed E-state index contributed by atoms with van der Waals surface area (Å²) in [4.78, 5) is 24.8. The molecule has 0 unspecified atom stereocenters. The van der Waals surface area contributed by atoms with Gasteiger partial charge in [0.05, 0.1) is 22.6 Å². The van der Waals surface area contributed by atoms with Gasteiger partial charge in [0, 0.05) is 18.8 Å². The van der Waals surface area contributed by atoms with Crippen molar-refractivity contribution < 1.29 is 22.7 Å². The van der Waals surface area contributed by atoms with Gasteiger partial charge in [0.25, 0.3) is 5.56 Å². The maximum Gasteiger partial charge on any atom is 0.270 e. The van der Waals surface area contributed by atoms with Crippen molar-refractivity contribution in [2.75, 3.05) is 24.3 Å². The Morgan fingerprint density at radius 2 is 1.85 bits per heavy atom. The van der Waals surface area contributed by atoms with Crippen LogP contribution in [0.4, 0.5) is 19.0 Å². The first-order chi connectivity index (χ1) is 13.0. The molecule has 2 N–H and O–H groups in total. The molecule has 2 aliphatic heterocycles. The van der Waals surface area contributed by atoms with E-state index in [9.17, 15) is 22.8 Å². The van der Waals surface area contributed by atoms with E-state index in [1.54, 1.807) is 4.68 Å². The molecule has 1 fully saturated rings. The van der Waals surface area contributed by atoms with Gasteiger partial charge in [-0.2, -0.15) is 0 Å². The Kier molecular flexibility index (Phi) is 4.77. The number of benzene rings is 1. The summed E-state index contributed by atoms with van der Waals surface area (Å²) < 4.78 is 48.4. The summed E-state index contributed by atoms with van der Waals surface area (Å²) in [6.45, 7) is 1.03. The molecule has 3 heterocycles. The van der Waals surface area contributed by atoms with Crippen LogP contribution in [0.2, 0.25) is 0 Å². The number of fused-ring (bicyclic) bond motifs is 1. The van der Waals surface area contributed by atoms with Crippen molar-refractivity contribution in [1.29, 1.82) is 0 Å². The Balaban J connectivity index is 1.86. The van der Waals surface area contributed by atoms with E-state index in [0.29, 0.717) is 26.1 Å². The topological polar surface area (TPSA) is 76.1 Å². The summed E-state index contributed by atoms with van der Waals surface area (Å²) in [6.07, 6.45) is 1.29. The molecule has 27 heavy (non-hydrogen) atoms. The number of rotatable bonds is 2. The number of hydrogen-bond donors (Lipinski definition) is 2. The minimum Gasteiger partial charge on any atom is -0.381 e. The Bertz CT molecular complexity index is 953. The number of thioether (sulfide) groups is 1. The van der Waals surface area contributed by atoms with E-state index in [1.807, 2.05) is 0 Å². The fourth-order valence-corrected chi connectivity index (χ4v) is 4.59. The zero-order valence-corrected chi connectivity index (χ0v) is 14.9. The third-order valence-corrected chi connectivity index (χ3v) is 6.02. The summed E-state index contributed by atoms with van der Waals surface area (Å²) in [5, 5.41) is 4.46. The molecule has 0 spiro atoms. The monoisotopic (exact) mass is 399 g/mol. The van der Waals surface area contributed by atoms with Gasteiger partial charge in [0.1, 0.15) is 5.82 Å². The quantitative estimate of drug-likeness (QED) is 0.762. The number of H-pyrrole nitrogens is 1. The fourth-order valence-electron chi connectivity index (χ4n) is 3.45. The molecule has 0 radical (unpaired) electrons. The molecule has 4 rings (SSSR count). The minimum atomic E-state index is -1.60. The van der Waals surface area contributed by atoms with Crippen LogP contribution in [0.25, 0.3) is 0 Å². The summed E-state index contributed by atoms with van der Waals surface area (Å²) in [5.41, 5.74) is -0.547. The zero-order chi connectivity index (χ0) is 19.1. The lowest BCUT2D eigenvalue weighted by Gasteiger charge is -2.25. The van der Waals surface area contributed by atoms with Crippen LogP contribution in [0.15, 0.2) is 16.9 Å². The van der Waals surface area contributed by atoms with E-state index in [1.165, 1.54) is 0 Å². The van der Waals surface area contributed by atoms with Gasteiger partial charge < -0.3 is 10.1 Å². The van der Waals surface area contributed by atoms with Gasteiger partial charge in [-0.1, -0.05) is 6.07 Å². The summed E-state index contributed by atoms with van der Waals surface area (Å²) in [6, 6.07) is 1.84. The number of aromatic nitrogens is 2. The number of nitrogens with one attached hydrogen (secondary N) is 2. The predicted molar refractivity (Wildman–Crippen MR) is 93.4 cm³/mol. The average molecular weight is 399 g/mol. The molecule has 10 heteroatoms. The van der Waals surface area contributed by atoms with Gasteiger partial charge >= 0.3 is 0 Å². The number of amides is 1. The Labute approximate surface area is 156 Å². The van der Waals surface area contributed by atoms with Crippen LogP contribution < -0.4 is 10.9 Å². The van der Waals surface area contributed by atoms with Crippen LogP contribution >= 0.6 is 11.8 Å². The Hall–Kier alpha value is -2.20. The molecule has 1 saturated heterocycles. The third-order valence-electron chi connectivity index (χ3n) is 4.77. The standard InChI is InChI=1S/C17H16F3N3O3S/c18-10-2-1-9(13(19)14(10)20)15-12-16(21-11(24)7-27-15)23(22-17(12)25)8-3-5-26-6-4-8/h1-2,8,15H,3-7H2,(H,21,24)(H,22,25)/t15-/m0/s1. The van der Waals surface area contributed by atoms with E-state index in [4.69, 9.17) is 4.74 Å². The van der Waals surface area contributed by atoms with Gasteiger partial charge in [-0.15, -0.1) is 11.8 Å². The van der Waals surface area contributed by atoms with Crippen molar-refractivity contribution in [3.8, 4) is 0 Å². The third kappa shape index (κ3) is 3.16. The fraction of sp³-hybridized carbons (Fsp3) is 0.412. The number of nitrogens with zero attached hydrogens (tertiary/aromatic N) is 1. The molecule has 2 aliphatic rings. The van der Waals surface area contributed by atoms with Crippen molar-refractivity contribution >= 4 is 23.5 Å². The lowest BCUT2D eigenvalue weighted by molar-refractivity contribution is -0.113. The Morgan fingerprint density at radius 1 is 1.11 bits per heavy atom. The molecular formula is C17H16F3N3O3S. The molecule has 1 aromatic heterocycles. The van der Waals surface area contributed by atoms with Gasteiger partial charge in [-0.05, 0) is 18.9 Å². The lowest BCUT2D eigenvalue weighted by Crippen LogP contribution is -2.24. The van der Waals surface area contributed by atoms with Gasteiger partial charge in [-0.3, -0.25) is 19.4 Å². The maximum absolute atomic E-state index is 14.4. The van der Waals surface area contributed by atoms with Crippen molar-refractivity contribution in [2.24, 2.45) is 0 Å². The molecule has 1 atom stereocenters. The number of halogens is 3. The summed E-state index contributed by atoms with van der Waals surface area (Å²) >= 11 is 0.992. The van der Waals surface area contributed by atoms with Gasteiger partial charge in [0.15, 0.2) is 17.5 Å². The van der Waals surface area contributed by atoms with E-state index in [0.717, 1.165) is 23.9 Å². The summed E-state index contributed by atoms with van der Waals surface area (Å²) in [7, 11) is 0. The highest BCUT2D eigenvalue weighted by atomic mass is 32.2. The van der Waals surface area contributed by atoms with Crippen molar-refractivity contribution in [1.82, 2.24) is 9.78 Å². The molecule has 6 nitrogen and oxygen atoms in total. The zero-order valence-electron chi connectivity index (χ0n) is 14.1. The van der Waals surface area contributed by atoms with Crippen LogP contribution in [-0.2, 0) is 9.53 Å². The van der Waals surface area contributed by atoms with Crippen LogP contribution in [0.5, 0.6) is 0 Å². The van der Waals surface area contributed by atoms with E-state index < -0.39 is 28.3 Å². The minimum absolute atomic E-state index is 0.0506. The molecule has 144 valence electrons. The number of carbonyl (C=O) groups excluding carboxylic acids is 1. The first kappa shape index (κ1) is 18.2. The second kappa shape index (κ2) is 7.08. The summed E-state index contributed by atoms with van der Waals surface area (Å²) in [5.74, 6) is -4.42. The van der Waals surface area contributed by atoms with Crippen LogP contribution in [0, 0.1) is 17.5 Å². The average Bonchev–Trinajstić information content (AvgIpc) is 2.87. The van der Waals surface area contributed by atoms with E-state index in [2.05, 4.69) is 10.4 Å². The second-order valence-electron chi connectivity index (χ2n) is 6.42. The van der Waals surface area contributed by atoms with E-state index in [-0.39, 0.29) is 34.6 Å². The van der Waals surface area contributed by atoms with Crippen LogP contribution in [0.3, 0.4) is 0 Å². The number of ether oxygens (including phenoxy) is 1. The molecule has 1 amide bonds. The van der Waals surface area contributed by atoms with E-state index >= 15 is 0 Å². The molecular weight excluding hydrogens is 383 g/mol. The van der Waals surface area contributed by atoms with Gasteiger partial charge in [0.2, 0.25) is 5.91 Å². The molecule has 0 aliphatic carbocycles.